The van der Waals surface area contributed by atoms with Crippen molar-refractivity contribution in [2.24, 2.45) is 0 Å². The number of aromatic carboxylic acids is 1. The van der Waals surface area contributed by atoms with Gasteiger partial charge in [-0.1, -0.05) is 25.5 Å². The molecule has 1 aromatic rings. The van der Waals surface area contributed by atoms with Crippen LogP contribution in [0.1, 0.15) is 40.5 Å². The smallest absolute Gasteiger partial charge is 0.359 e. The number of hydrogen-bond acceptors (Lipinski definition) is 5. The molecule has 6 heteroatoms. The molecule has 18 heavy (non-hydrogen) atoms. The van der Waals surface area contributed by atoms with Crippen molar-refractivity contribution in [3.63, 3.8) is 0 Å². The summed E-state index contributed by atoms with van der Waals surface area (Å²) in [6.45, 7) is 2.41. The van der Waals surface area contributed by atoms with Gasteiger partial charge in [-0.3, -0.25) is 4.84 Å². The average molecular weight is 253 g/mol. The van der Waals surface area contributed by atoms with E-state index in [0.717, 1.165) is 12.8 Å². The zero-order chi connectivity index (χ0) is 13.4. The third kappa shape index (κ3) is 4.15. The van der Waals surface area contributed by atoms with Gasteiger partial charge < -0.3 is 9.94 Å². The molecule has 6 nitrogen and oxygen atoms in total. The van der Waals surface area contributed by atoms with Gasteiger partial charge in [-0.05, 0) is 24.2 Å². The van der Waals surface area contributed by atoms with Crippen LogP contribution in [0.4, 0.5) is 0 Å². The van der Waals surface area contributed by atoms with Crippen molar-refractivity contribution in [3.05, 3.63) is 35.4 Å². The van der Waals surface area contributed by atoms with Crippen molar-refractivity contribution < 1.29 is 24.4 Å². The van der Waals surface area contributed by atoms with Gasteiger partial charge >= 0.3 is 11.9 Å². The first-order valence-electron chi connectivity index (χ1n) is 5.57. The summed E-state index contributed by atoms with van der Waals surface area (Å²) in [4.78, 5) is 31.9. The molecule has 0 spiro atoms. The van der Waals surface area contributed by atoms with Gasteiger partial charge in [0.2, 0.25) is 0 Å². The van der Waals surface area contributed by atoms with Crippen LogP contribution in [-0.4, -0.2) is 23.7 Å². The first-order chi connectivity index (χ1) is 8.66. The van der Waals surface area contributed by atoms with Gasteiger partial charge in [0.15, 0.2) is 0 Å². The fourth-order valence-corrected chi connectivity index (χ4v) is 1.23. The van der Waals surface area contributed by atoms with Crippen LogP contribution in [-0.2, 0) is 9.68 Å². The number of hydrogen-bond donors (Lipinski definition) is 2. The first-order valence-corrected chi connectivity index (χ1v) is 5.57. The van der Waals surface area contributed by atoms with Crippen LogP contribution in [0.5, 0.6) is 0 Å². The van der Waals surface area contributed by atoms with Crippen LogP contribution < -0.4 is 5.64 Å². The van der Waals surface area contributed by atoms with Gasteiger partial charge in [0.25, 0.3) is 0 Å². The highest BCUT2D eigenvalue weighted by Crippen LogP contribution is 2.09. The summed E-state index contributed by atoms with van der Waals surface area (Å²) in [6.07, 6.45) is 1.79. The van der Waals surface area contributed by atoms with E-state index in [1.165, 1.54) is 18.2 Å². The molecule has 98 valence electrons. The molecular formula is C12H15NO5. The van der Waals surface area contributed by atoms with Crippen LogP contribution in [0.2, 0.25) is 0 Å². The van der Waals surface area contributed by atoms with Crippen molar-refractivity contribution in [1.29, 1.82) is 0 Å². The summed E-state index contributed by atoms with van der Waals surface area (Å²) in [5.74, 6) is -1.99. The molecule has 0 aliphatic carbocycles. The Bertz CT molecular complexity index is 419. The summed E-state index contributed by atoms with van der Waals surface area (Å²) < 4.78 is 0. The number of rotatable bonds is 7. The summed E-state index contributed by atoms with van der Waals surface area (Å²) in [6, 6.07) is 5.79. The Morgan fingerprint density at radius 1 is 1.28 bits per heavy atom. The van der Waals surface area contributed by atoms with E-state index >= 15 is 0 Å². The Kier molecular flexibility index (Phi) is 5.83. The van der Waals surface area contributed by atoms with Crippen molar-refractivity contribution in [3.8, 4) is 0 Å². The molecule has 1 rings (SSSR count). The minimum Gasteiger partial charge on any atom is -0.478 e. The van der Waals surface area contributed by atoms with E-state index in [2.05, 4.69) is 4.84 Å². The highest BCUT2D eigenvalue weighted by molar-refractivity contribution is 6.02. The maximum Gasteiger partial charge on any atom is 0.359 e. The lowest BCUT2D eigenvalue weighted by Crippen LogP contribution is -2.22. The van der Waals surface area contributed by atoms with Crippen LogP contribution >= 0.6 is 0 Å². The molecule has 0 fully saturated rings. The zero-order valence-electron chi connectivity index (χ0n) is 10.0. The van der Waals surface area contributed by atoms with Crippen molar-refractivity contribution >= 4 is 11.9 Å². The lowest BCUT2D eigenvalue weighted by Gasteiger charge is -2.07. The minimum absolute atomic E-state index is 0.0309. The standard InChI is InChI=1S/C12H15NO5/c1-2-3-8-17-13-18-12(16)10-7-5-4-6-9(10)11(14)15/h4-7,13H,2-3,8H2,1H3,(H,14,15). The topological polar surface area (TPSA) is 84.9 Å². The highest BCUT2D eigenvalue weighted by atomic mass is 16.9. The number of carboxylic acid groups (broad SMARTS) is 1. The highest BCUT2D eigenvalue weighted by Gasteiger charge is 2.17. The molecule has 0 aliphatic rings. The second-order valence-electron chi connectivity index (χ2n) is 3.53. The molecule has 0 aliphatic heterocycles. The van der Waals surface area contributed by atoms with Crippen molar-refractivity contribution in [2.75, 3.05) is 6.61 Å². The third-order valence-electron chi connectivity index (χ3n) is 2.17. The van der Waals surface area contributed by atoms with Crippen molar-refractivity contribution in [2.45, 2.75) is 19.8 Å². The van der Waals surface area contributed by atoms with Gasteiger partial charge in [-0.25, -0.2) is 9.59 Å². The lowest BCUT2D eigenvalue weighted by atomic mass is 10.1. The predicted molar refractivity (Wildman–Crippen MR) is 62.8 cm³/mol. The Hall–Kier alpha value is -1.92. The zero-order valence-corrected chi connectivity index (χ0v) is 10.0. The van der Waals surface area contributed by atoms with Crippen LogP contribution in [0, 0.1) is 0 Å². The number of nitrogens with one attached hydrogen (secondary N) is 1. The molecule has 0 bridgehead atoms. The molecule has 0 radical (unpaired) electrons. The summed E-state index contributed by atoms with van der Waals surface area (Å²) in [5, 5.41) is 8.90. The second-order valence-corrected chi connectivity index (χ2v) is 3.53. The molecule has 1 aromatic carbocycles. The molecule has 0 atom stereocenters. The summed E-state index contributed by atoms with van der Waals surface area (Å²) >= 11 is 0. The lowest BCUT2D eigenvalue weighted by molar-refractivity contribution is -0.135. The predicted octanol–water partition coefficient (Wildman–Crippen LogP) is 1.78. The Morgan fingerprint density at radius 2 is 1.94 bits per heavy atom. The monoisotopic (exact) mass is 253 g/mol. The van der Waals surface area contributed by atoms with E-state index < -0.39 is 11.9 Å². The normalized spacial score (nSPS) is 10.1. The maximum absolute atomic E-state index is 11.6. The SMILES string of the molecule is CCCCONOC(=O)c1ccccc1C(=O)O. The number of carbonyl (C=O) groups is 2. The Morgan fingerprint density at radius 3 is 2.56 bits per heavy atom. The average Bonchev–Trinajstić information content (AvgIpc) is 2.38. The number of unbranched alkanes of at least 4 members (excludes halogenated alkanes) is 1. The Labute approximate surface area is 104 Å². The molecule has 0 saturated heterocycles. The van der Waals surface area contributed by atoms with Crippen LogP contribution in [0.15, 0.2) is 24.3 Å². The number of benzene rings is 1. The molecule has 0 unspecified atom stereocenters. The van der Waals surface area contributed by atoms with Gasteiger partial charge in [0.05, 0.1) is 17.7 Å². The van der Waals surface area contributed by atoms with Gasteiger partial charge in [0.1, 0.15) is 0 Å². The molecule has 2 N–H and O–H groups in total. The van der Waals surface area contributed by atoms with E-state index in [0.29, 0.717) is 6.61 Å². The molecule has 0 heterocycles. The van der Waals surface area contributed by atoms with E-state index in [1.54, 1.807) is 6.07 Å². The van der Waals surface area contributed by atoms with Crippen LogP contribution in [0.3, 0.4) is 0 Å². The quantitative estimate of drug-likeness (QED) is 0.569. The molecule has 0 aromatic heterocycles. The fraction of sp³-hybridized carbons (Fsp3) is 0.333. The van der Waals surface area contributed by atoms with Crippen LogP contribution in [0.25, 0.3) is 0 Å². The van der Waals surface area contributed by atoms with Gasteiger partial charge in [0, 0.05) is 0 Å². The largest absolute Gasteiger partial charge is 0.478 e. The second kappa shape index (κ2) is 7.41. The van der Waals surface area contributed by atoms with Crippen molar-refractivity contribution in [1.82, 2.24) is 5.64 Å². The third-order valence-corrected chi connectivity index (χ3v) is 2.17. The summed E-state index contributed by atoms with van der Waals surface area (Å²) in [5.41, 5.74) is 1.90. The van der Waals surface area contributed by atoms with E-state index in [4.69, 9.17) is 9.94 Å². The number of carboxylic acids is 1. The minimum atomic E-state index is -1.19. The summed E-state index contributed by atoms with van der Waals surface area (Å²) in [7, 11) is 0. The van der Waals surface area contributed by atoms with Gasteiger partial charge in [-0.2, -0.15) is 0 Å². The molecule has 0 saturated carbocycles. The molecular weight excluding hydrogens is 238 g/mol. The first kappa shape index (κ1) is 14.1. The Balaban J connectivity index is 2.54. The van der Waals surface area contributed by atoms with E-state index in [1.807, 2.05) is 12.6 Å². The molecule has 0 amide bonds. The fourth-order valence-electron chi connectivity index (χ4n) is 1.23. The number of carbonyl (C=O) groups excluding carboxylic acids is 1. The van der Waals surface area contributed by atoms with E-state index in [9.17, 15) is 9.59 Å². The van der Waals surface area contributed by atoms with E-state index in [-0.39, 0.29) is 11.1 Å². The van der Waals surface area contributed by atoms with Gasteiger partial charge in [-0.15, -0.1) is 0 Å². The maximum atomic E-state index is 11.6.